The summed E-state index contributed by atoms with van der Waals surface area (Å²) in [4.78, 5) is 2.39. The molecule has 1 fully saturated rings. The lowest BCUT2D eigenvalue weighted by molar-refractivity contribution is -0.0145. The number of likely N-dealkylation sites (N-methyl/N-ethyl adjacent to an activating group) is 1. The summed E-state index contributed by atoms with van der Waals surface area (Å²) in [6, 6.07) is 6.56. The van der Waals surface area contributed by atoms with E-state index in [4.69, 9.17) is 10.5 Å². The predicted molar refractivity (Wildman–Crippen MR) is 74.8 cm³/mol. The molecule has 0 bridgehead atoms. The van der Waals surface area contributed by atoms with Crippen LogP contribution in [0.5, 0.6) is 0 Å². The molecule has 106 valence electrons. The molecule has 1 atom stereocenters. The quantitative estimate of drug-likeness (QED) is 0.827. The Bertz CT molecular complexity index is 530. The van der Waals surface area contributed by atoms with Gasteiger partial charge in [0.15, 0.2) is 9.84 Å². The summed E-state index contributed by atoms with van der Waals surface area (Å²) in [5, 5.41) is 0. The lowest BCUT2D eigenvalue weighted by atomic mass is 10.3. The molecule has 1 aliphatic rings. The molecule has 0 saturated carbocycles. The third kappa shape index (κ3) is 3.46. The largest absolute Gasteiger partial charge is 0.398 e. The van der Waals surface area contributed by atoms with Crippen LogP contribution in [-0.2, 0) is 14.6 Å². The highest BCUT2D eigenvalue weighted by Gasteiger charge is 2.27. The van der Waals surface area contributed by atoms with Crippen molar-refractivity contribution in [2.75, 3.05) is 37.7 Å². The molecule has 1 aliphatic heterocycles. The Morgan fingerprint density at radius 1 is 1.42 bits per heavy atom. The molecule has 1 heterocycles. The Hall–Kier alpha value is -1.11. The zero-order chi connectivity index (χ0) is 13.9. The fourth-order valence-corrected chi connectivity index (χ4v) is 3.85. The highest BCUT2D eigenvalue weighted by Crippen LogP contribution is 2.21. The third-order valence-electron chi connectivity index (χ3n) is 3.33. The monoisotopic (exact) mass is 284 g/mol. The average molecular weight is 284 g/mol. The molecule has 0 aliphatic carbocycles. The summed E-state index contributed by atoms with van der Waals surface area (Å²) < 4.78 is 30.2. The minimum absolute atomic E-state index is 0.0162. The Morgan fingerprint density at radius 2 is 2.16 bits per heavy atom. The molecule has 2 rings (SSSR count). The summed E-state index contributed by atoms with van der Waals surface area (Å²) in [7, 11) is -3.40. The smallest absolute Gasteiger partial charge is 0.183 e. The van der Waals surface area contributed by atoms with E-state index in [0.29, 0.717) is 18.8 Å². The van der Waals surface area contributed by atoms with E-state index in [1.807, 2.05) is 0 Å². The van der Waals surface area contributed by atoms with Crippen molar-refractivity contribution in [1.29, 1.82) is 0 Å². The van der Waals surface area contributed by atoms with Crippen LogP contribution in [0.4, 0.5) is 5.69 Å². The highest BCUT2D eigenvalue weighted by molar-refractivity contribution is 7.91. The topological polar surface area (TPSA) is 72.6 Å². The van der Waals surface area contributed by atoms with Crippen molar-refractivity contribution in [1.82, 2.24) is 4.90 Å². The maximum Gasteiger partial charge on any atom is 0.183 e. The molecule has 0 amide bonds. The Labute approximate surface area is 114 Å². The number of hydrogen-bond acceptors (Lipinski definition) is 5. The second-order valence-electron chi connectivity index (χ2n) is 4.71. The van der Waals surface area contributed by atoms with Crippen LogP contribution in [0.3, 0.4) is 0 Å². The van der Waals surface area contributed by atoms with Crippen molar-refractivity contribution >= 4 is 15.5 Å². The van der Waals surface area contributed by atoms with E-state index in [1.54, 1.807) is 24.3 Å². The van der Waals surface area contributed by atoms with Gasteiger partial charge >= 0.3 is 0 Å². The standard InChI is InChI=1S/C13H20N2O3S/c1-2-15-7-8-18-11(9-15)10-19(16,17)13-6-4-3-5-12(13)14/h3-6,11H,2,7-10,14H2,1H3. The molecule has 19 heavy (non-hydrogen) atoms. The molecule has 1 saturated heterocycles. The number of nitrogen functional groups attached to an aromatic ring is 1. The van der Waals surface area contributed by atoms with Crippen LogP contribution in [0, 0.1) is 0 Å². The third-order valence-corrected chi connectivity index (χ3v) is 5.18. The molecular weight excluding hydrogens is 264 g/mol. The van der Waals surface area contributed by atoms with Gasteiger partial charge in [0.2, 0.25) is 0 Å². The number of ether oxygens (including phenoxy) is 1. The van der Waals surface area contributed by atoms with E-state index in [2.05, 4.69) is 11.8 Å². The van der Waals surface area contributed by atoms with Gasteiger partial charge < -0.3 is 10.5 Å². The van der Waals surface area contributed by atoms with Crippen LogP contribution in [0.1, 0.15) is 6.92 Å². The number of nitrogens with two attached hydrogens (primary N) is 1. The van der Waals surface area contributed by atoms with Gasteiger partial charge in [0, 0.05) is 13.1 Å². The summed E-state index contributed by atoms with van der Waals surface area (Å²) in [6.07, 6.45) is -0.279. The van der Waals surface area contributed by atoms with Gasteiger partial charge in [0.25, 0.3) is 0 Å². The van der Waals surface area contributed by atoms with Crippen LogP contribution >= 0.6 is 0 Å². The first-order chi connectivity index (χ1) is 9.03. The van der Waals surface area contributed by atoms with E-state index in [-0.39, 0.29) is 16.8 Å². The summed E-state index contributed by atoms with van der Waals surface area (Å²) >= 11 is 0. The Kier molecular flexibility index (Phi) is 4.44. The Morgan fingerprint density at radius 3 is 2.84 bits per heavy atom. The predicted octanol–water partition coefficient (Wildman–Crippen LogP) is 0.763. The minimum atomic E-state index is -3.40. The number of anilines is 1. The molecule has 0 aromatic heterocycles. The van der Waals surface area contributed by atoms with Crippen molar-refractivity contribution in [3.63, 3.8) is 0 Å². The van der Waals surface area contributed by atoms with Gasteiger partial charge in [-0.05, 0) is 18.7 Å². The van der Waals surface area contributed by atoms with Crippen LogP contribution in [0.25, 0.3) is 0 Å². The Balaban J connectivity index is 2.11. The molecule has 0 radical (unpaired) electrons. The van der Waals surface area contributed by atoms with Crippen LogP contribution < -0.4 is 5.73 Å². The van der Waals surface area contributed by atoms with E-state index in [0.717, 1.165) is 13.1 Å². The lowest BCUT2D eigenvalue weighted by Crippen LogP contribution is -2.45. The molecule has 1 aromatic rings. The lowest BCUT2D eigenvalue weighted by Gasteiger charge is -2.31. The van der Waals surface area contributed by atoms with Crippen molar-refractivity contribution < 1.29 is 13.2 Å². The van der Waals surface area contributed by atoms with Gasteiger partial charge in [0.1, 0.15) is 0 Å². The van der Waals surface area contributed by atoms with Crippen molar-refractivity contribution in [3.05, 3.63) is 24.3 Å². The van der Waals surface area contributed by atoms with Crippen molar-refractivity contribution in [2.45, 2.75) is 17.9 Å². The van der Waals surface area contributed by atoms with E-state index in [1.165, 1.54) is 0 Å². The van der Waals surface area contributed by atoms with Gasteiger partial charge in [0.05, 0.1) is 29.0 Å². The molecular formula is C13H20N2O3S. The highest BCUT2D eigenvalue weighted by atomic mass is 32.2. The fourth-order valence-electron chi connectivity index (χ4n) is 2.27. The molecule has 1 aromatic carbocycles. The fraction of sp³-hybridized carbons (Fsp3) is 0.538. The number of morpholine rings is 1. The number of rotatable bonds is 4. The summed E-state index contributed by atoms with van der Waals surface area (Å²) in [6.45, 7) is 5.07. The normalized spacial score (nSPS) is 21.4. The molecule has 2 N–H and O–H groups in total. The van der Waals surface area contributed by atoms with Gasteiger partial charge in [-0.2, -0.15) is 0 Å². The molecule has 5 nitrogen and oxygen atoms in total. The number of nitrogens with zero attached hydrogens (tertiary/aromatic N) is 1. The van der Waals surface area contributed by atoms with E-state index < -0.39 is 9.84 Å². The van der Waals surface area contributed by atoms with Gasteiger partial charge in [-0.1, -0.05) is 19.1 Å². The maximum atomic E-state index is 12.3. The van der Waals surface area contributed by atoms with Crippen LogP contribution in [0.2, 0.25) is 0 Å². The van der Waals surface area contributed by atoms with E-state index in [9.17, 15) is 8.42 Å². The zero-order valence-electron chi connectivity index (χ0n) is 11.1. The SMILES string of the molecule is CCN1CCOC(CS(=O)(=O)c2ccccc2N)C1. The average Bonchev–Trinajstić information content (AvgIpc) is 2.38. The van der Waals surface area contributed by atoms with Crippen molar-refractivity contribution in [3.8, 4) is 0 Å². The second kappa shape index (κ2) is 5.90. The maximum absolute atomic E-state index is 12.3. The molecule has 6 heteroatoms. The first-order valence-corrected chi connectivity index (χ1v) is 8.09. The number of sulfone groups is 1. The first-order valence-electron chi connectivity index (χ1n) is 6.44. The number of benzene rings is 1. The van der Waals surface area contributed by atoms with Crippen LogP contribution in [0.15, 0.2) is 29.2 Å². The molecule has 1 unspecified atom stereocenters. The van der Waals surface area contributed by atoms with Gasteiger partial charge in [-0.25, -0.2) is 8.42 Å². The van der Waals surface area contributed by atoms with Gasteiger partial charge in [-0.3, -0.25) is 4.90 Å². The molecule has 0 spiro atoms. The van der Waals surface area contributed by atoms with Crippen molar-refractivity contribution in [2.24, 2.45) is 0 Å². The second-order valence-corrected chi connectivity index (χ2v) is 6.71. The first kappa shape index (κ1) is 14.3. The zero-order valence-corrected chi connectivity index (χ0v) is 11.9. The summed E-state index contributed by atoms with van der Waals surface area (Å²) in [5.74, 6) is -0.0162. The number of hydrogen-bond donors (Lipinski definition) is 1. The van der Waals surface area contributed by atoms with Crippen LogP contribution in [-0.4, -0.2) is 51.4 Å². The van der Waals surface area contributed by atoms with Gasteiger partial charge in [-0.15, -0.1) is 0 Å². The van der Waals surface area contributed by atoms with E-state index >= 15 is 0 Å². The summed E-state index contributed by atoms with van der Waals surface area (Å²) in [5.41, 5.74) is 6.03. The number of para-hydroxylation sites is 1. The minimum Gasteiger partial charge on any atom is -0.398 e.